The predicted molar refractivity (Wildman–Crippen MR) is 107 cm³/mol. The Bertz CT molecular complexity index is 647. The molecule has 138 valence electrons. The van der Waals surface area contributed by atoms with Crippen LogP contribution in [0.2, 0.25) is 0 Å². The first-order valence-corrected chi connectivity index (χ1v) is 8.29. The SMILES string of the molecule is CN=C(NCCc1cnn(C)c1)N1CCN(Cc2ccon2)CC1.I. The summed E-state index contributed by atoms with van der Waals surface area (Å²) in [6, 6.07) is 1.92. The Morgan fingerprint density at radius 3 is 2.72 bits per heavy atom. The Labute approximate surface area is 165 Å². The van der Waals surface area contributed by atoms with Crippen molar-refractivity contribution in [2.75, 3.05) is 39.8 Å². The maximum absolute atomic E-state index is 4.89. The topological polar surface area (TPSA) is 74.7 Å². The van der Waals surface area contributed by atoms with E-state index < -0.39 is 0 Å². The first-order chi connectivity index (χ1) is 11.7. The van der Waals surface area contributed by atoms with Crippen molar-refractivity contribution in [3.8, 4) is 0 Å². The fourth-order valence-corrected chi connectivity index (χ4v) is 2.92. The van der Waals surface area contributed by atoms with Crippen LogP contribution in [0.15, 0.2) is 34.2 Å². The van der Waals surface area contributed by atoms with Gasteiger partial charge in [0.1, 0.15) is 6.26 Å². The van der Waals surface area contributed by atoms with Gasteiger partial charge in [-0.1, -0.05) is 5.16 Å². The molecular formula is C16H26IN7O. The molecule has 1 aliphatic heterocycles. The Balaban J connectivity index is 0.00000225. The second-order valence-corrected chi connectivity index (χ2v) is 6.00. The highest BCUT2D eigenvalue weighted by Crippen LogP contribution is 2.07. The zero-order valence-corrected chi connectivity index (χ0v) is 17.1. The summed E-state index contributed by atoms with van der Waals surface area (Å²) >= 11 is 0. The van der Waals surface area contributed by atoms with E-state index in [1.807, 2.05) is 37.2 Å². The number of hydrogen-bond acceptors (Lipinski definition) is 5. The average molecular weight is 459 g/mol. The maximum atomic E-state index is 4.89. The van der Waals surface area contributed by atoms with Gasteiger partial charge < -0.3 is 14.7 Å². The lowest BCUT2D eigenvalue weighted by Crippen LogP contribution is -2.52. The summed E-state index contributed by atoms with van der Waals surface area (Å²) in [5.74, 6) is 0.972. The summed E-state index contributed by atoms with van der Waals surface area (Å²) in [4.78, 5) is 9.11. The van der Waals surface area contributed by atoms with Crippen molar-refractivity contribution < 1.29 is 4.52 Å². The van der Waals surface area contributed by atoms with Crippen molar-refractivity contribution in [3.63, 3.8) is 0 Å². The van der Waals surface area contributed by atoms with Crippen LogP contribution in [0.3, 0.4) is 0 Å². The molecule has 1 N–H and O–H groups in total. The zero-order chi connectivity index (χ0) is 16.8. The minimum atomic E-state index is 0. The number of aryl methyl sites for hydroxylation is 1. The molecule has 1 aliphatic rings. The fraction of sp³-hybridized carbons (Fsp3) is 0.562. The molecule has 0 radical (unpaired) electrons. The van der Waals surface area contributed by atoms with Gasteiger partial charge in [0.25, 0.3) is 0 Å². The molecule has 9 heteroatoms. The Hall–Kier alpha value is -1.62. The van der Waals surface area contributed by atoms with E-state index in [1.165, 1.54) is 5.56 Å². The van der Waals surface area contributed by atoms with Crippen molar-refractivity contribution >= 4 is 29.9 Å². The first kappa shape index (κ1) is 19.7. The molecule has 3 heterocycles. The standard InChI is InChI=1S/C16H25N7O.HI/c1-17-16(18-5-3-14-11-19-21(2)12-14)23-8-6-22(7-9-23)13-15-4-10-24-20-15;/h4,10-12H,3,5-9,13H2,1-2H3,(H,17,18);1H. The van der Waals surface area contributed by atoms with E-state index in [2.05, 4.69) is 30.4 Å². The summed E-state index contributed by atoms with van der Waals surface area (Å²) in [6.45, 7) is 5.62. The molecule has 0 aromatic carbocycles. The average Bonchev–Trinajstić information content (AvgIpc) is 3.24. The number of aliphatic imine (C=N–C) groups is 1. The van der Waals surface area contributed by atoms with E-state index in [0.29, 0.717) is 0 Å². The summed E-state index contributed by atoms with van der Waals surface area (Å²) in [6.07, 6.45) is 6.53. The number of rotatable bonds is 5. The van der Waals surface area contributed by atoms with Crippen molar-refractivity contribution in [1.82, 2.24) is 30.1 Å². The number of nitrogens with one attached hydrogen (secondary N) is 1. The van der Waals surface area contributed by atoms with Crippen LogP contribution in [0.25, 0.3) is 0 Å². The fourth-order valence-electron chi connectivity index (χ4n) is 2.92. The zero-order valence-electron chi connectivity index (χ0n) is 14.8. The normalized spacial score (nSPS) is 15.9. The molecule has 0 amide bonds. The molecule has 0 bridgehead atoms. The molecule has 0 spiro atoms. The highest BCUT2D eigenvalue weighted by Gasteiger charge is 2.20. The van der Waals surface area contributed by atoms with Gasteiger partial charge in [0.15, 0.2) is 5.96 Å². The first-order valence-electron chi connectivity index (χ1n) is 8.29. The number of halogens is 1. The second kappa shape index (κ2) is 9.76. The molecule has 0 aliphatic carbocycles. The lowest BCUT2D eigenvalue weighted by molar-refractivity contribution is 0.169. The van der Waals surface area contributed by atoms with Crippen LogP contribution >= 0.6 is 24.0 Å². The van der Waals surface area contributed by atoms with Crippen LogP contribution in [0.4, 0.5) is 0 Å². The van der Waals surface area contributed by atoms with E-state index >= 15 is 0 Å². The molecule has 3 rings (SSSR count). The van der Waals surface area contributed by atoms with Gasteiger partial charge in [-0.15, -0.1) is 24.0 Å². The van der Waals surface area contributed by atoms with Crippen LogP contribution in [0, 0.1) is 0 Å². The molecule has 1 fully saturated rings. The molecule has 1 saturated heterocycles. The minimum Gasteiger partial charge on any atom is -0.364 e. The molecule has 0 unspecified atom stereocenters. The molecule has 2 aromatic rings. The molecule has 0 saturated carbocycles. The maximum Gasteiger partial charge on any atom is 0.193 e. The van der Waals surface area contributed by atoms with E-state index in [-0.39, 0.29) is 24.0 Å². The van der Waals surface area contributed by atoms with E-state index in [0.717, 1.165) is 57.3 Å². The van der Waals surface area contributed by atoms with Gasteiger partial charge in [0.2, 0.25) is 0 Å². The van der Waals surface area contributed by atoms with Gasteiger partial charge in [-0.25, -0.2) is 0 Å². The monoisotopic (exact) mass is 459 g/mol. The lowest BCUT2D eigenvalue weighted by Gasteiger charge is -2.36. The van der Waals surface area contributed by atoms with Crippen LogP contribution in [-0.4, -0.2) is 70.5 Å². The number of aromatic nitrogens is 3. The predicted octanol–water partition coefficient (Wildman–Crippen LogP) is 0.962. The van der Waals surface area contributed by atoms with Gasteiger partial charge in [-0.2, -0.15) is 5.10 Å². The Morgan fingerprint density at radius 1 is 1.32 bits per heavy atom. The largest absolute Gasteiger partial charge is 0.364 e. The molecular weight excluding hydrogens is 433 g/mol. The minimum absolute atomic E-state index is 0. The summed E-state index contributed by atoms with van der Waals surface area (Å²) in [5, 5.41) is 11.6. The van der Waals surface area contributed by atoms with Crippen LogP contribution < -0.4 is 5.32 Å². The highest BCUT2D eigenvalue weighted by atomic mass is 127. The third-order valence-corrected chi connectivity index (χ3v) is 4.22. The lowest BCUT2D eigenvalue weighted by atomic mass is 10.2. The third-order valence-electron chi connectivity index (χ3n) is 4.22. The van der Waals surface area contributed by atoms with Gasteiger partial charge in [-0.3, -0.25) is 14.6 Å². The third kappa shape index (κ3) is 5.70. The Morgan fingerprint density at radius 2 is 2.12 bits per heavy atom. The quantitative estimate of drug-likeness (QED) is 0.408. The van der Waals surface area contributed by atoms with Crippen molar-refractivity contribution in [2.45, 2.75) is 13.0 Å². The van der Waals surface area contributed by atoms with E-state index in [4.69, 9.17) is 4.52 Å². The summed E-state index contributed by atoms with van der Waals surface area (Å²) < 4.78 is 6.72. The van der Waals surface area contributed by atoms with E-state index in [9.17, 15) is 0 Å². The number of hydrogen-bond donors (Lipinski definition) is 1. The smallest absolute Gasteiger partial charge is 0.193 e. The number of piperazine rings is 1. The molecule has 8 nitrogen and oxygen atoms in total. The van der Waals surface area contributed by atoms with Crippen molar-refractivity contribution in [2.24, 2.45) is 12.0 Å². The second-order valence-electron chi connectivity index (χ2n) is 6.00. The molecule has 0 atom stereocenters. The van der Waals surface area contributed by atoms with Crippen LogP contribution in [0.1, 0.15) is 11.3 Å². The van der Waals surface area contributed by atoms with Gasteiger partial charge in [-0.05, 0) is 12.0 Å². The van der Waals surface area contributed by atoms with Crippen molar-refractivity contribution in [3.05, 3.63) is 36.0 Å². The summed E-state index contributed by atoms with van der Waals surface area (Å²) in [5.41, 5.74) is 2.22. The van der Waals surface area contributed by atoms with Crippen LogP contribution in [0.5, 0.6) is 0 Å². The molecule has 25 heavy (non-hydrogen) atoms. The highest BCUT2D eigenvalue weighted by molar-refractivity contribution is 14.0. The van der Waals surface area contributed by atoms with Gasteiger partial charge in [0, 0.05) is 65.6 Å². The molecule has 2 aromatic heterocycles. The van der Waals surface area contributed by atoms with E-state index in [1.54, 1.807) is 6.26 Å². The van der Waals surface area contributed by atoms with Crippen LogP contribution in [-0.2, 0) is 20.0 Å². The number of nitrogens with zero attached hydrogens (tertiary/aromatic N) is 6. The summed E-state index contributed by atoms with van der Waals surface area (Å²) in [7, 11) is 3.78. The van der Waals surface area contributed by atoms with Gasteiger partial charge in [0.05, 0.1) is 11.9 Å². The van der Waals surface area contributed by atoms with Gasteiger partial charge >= 0.3 is 0 Å². The van der Waals surface area contributed by atoms with Crippen molar-refractivity contribution in [1.29, 1.82) is 0 Å². The number of guanidine groups is 1. The Kier molecular flexibility index (Phi) is 7.69.